The Morgan fingerprint density at radius 1 is 1.67 bits per heavy atom. The Morgan fingerprint density at radius 2 is 2.42 bits per heavy atom. The van der Waals surface area contributed by atoms with E-state index in [9.17, 15) is 10.0 Å². The van der Waals surface area contributed by atoms with Crippen LogP contribution in [0.2, 0.25) is 0 Å². The molecule has 0 bridgehead atoms. The van der Waals surface area contributed by atoms with Crippen molar-refractivity contribution >= 4 is 11.8 Å². The summed E-state index contributed by atoms with van der Waals surface area (Å²) in [6, 6.07) is 0. The van der Waals surface area contributed by atoms with Crippen LogP contribution in [0.3, 0.4) is 0 Å². The first-order valence-corrected chi connectivity index (χ1v) is 3.98. The lowest BCUT2D eigenvalue weighted by Gasteiger charge is -2.25. The molecule has 0 spiro atoms. The molecule has 1 aliphatic heterocycles. The summed E-state index contributed by atoms with van der Waals surface area (Å²) in [6.45, 7) is 1.79. The number of carbonyl (C=O) groups excluding carboxylic acids is 1. The van der Waals surface area contributed by atoms with Crippen molar-refractivity contribution in [1.82, 2.24) is 0 Å². The molecular formula is C7H12N2O3. The minimum Gasteiger partial charge on any atom is -0.628 e. The Morgan fingerprint density at radius 3 is 3.00 bits per heavy atom. The van der Waals surface area contributed by atoms with Crippen molar-refractivity contribution in [3.8, 4) is 0 Å². The molecule has 0 aromatic carbocycles. The molecule has 1 aliphatic rings. The highest BCUT2D eigenvalue weighted by Crippen LogP contribution is 1.98. The van der Waals surface area contributed by atoms with Gasteiger partial charge in [0.1, 0.15) is 0 Å². The van der Waals surface area contributed by atoms with Crippen LogP contribution in [-0.2, 0) is 9.63 Å². The molecule has 1 N–H and O–H groups in total. The van der Waals surface area contributed by atoms with Gasteiger partial charge in [-0.15, -0.1) is 0 Å². The Kier molecular flexibility index (Phi) is 3.19. The zero-order valence-corrected chi connectivity index (χ0v) is 7.00. The van der Waals surface area contributed by atoms with E-state index in [1.54, 1.807) is 0 Å². The molecule has 1 rings (SSSR count). The monoisotopic (exact) mass is 172 g/mol. The summed E-state index contributed by atoms with van der Waals surface area (Å²) < 4.78 is 0. The van der Waals surface area contributed by atoms with Gasteiger partial charge in [-0.05, 0) is 18.0 Å². The molecule has 1 heterocycles. The average Bonchev–Trinajstić information content (AvgIpc) is 2.03. The van der Waals surface area contributed by atoms with Crippen molar-refractivity contribution in [1.29, 1.82) is 0 Å². The van der Waals surface area contributed by atoms with E-state index >= 15 is 0 Å². The van der Waals surface area contributed by atoms with Crippen LogP contribution >= 0.6 is 0 Å². The second-order valence-electron chi connectivity index (χ2n) is 2.75. The Labute approximate surface area is 70.6 Å². The van der Waals surface area contributed by atoms with E-state index in [2.05, 4.69) is 9.99 Å². The predicted octanol–water partition coefficient (Wildman–Crippen LogP) is -0.570. The molecule has 0 aromatic rings. The first-order valence-electron chi connectivity index (χ1n) is 3.98. The van der Waals surface area contributed by atoms with Crippen molar-refractivity contribution in [3.63, 3.8) is 0 Å². The van der Waals surface area contributed by atoms with Gasteiger partial charge in [-0.2, -0.15) is 0 Å². The second-order valence-corrected chi connectivity index (χ2v) is 2.75. The van der Waals surface area contributed by atoms with Gasteiger partial charge in [0, 0.05) is 13.3 Å². The molecule has 0 saturated carbocycles. The fourth-order valence-corrected chi connectivity index (χ4v) is 1.08. The minimum absolute atomic E-state index is 0.00231. The topological polar surface area (TPSA) is 66.2 Å². The van der Waals surface area contributed by atoms with Crippen LogP contribution in [-0.4, -0.2) is 18.3 Å². The molecular weight excluding hydrogens is 160 g/mol. The summed E-state index contributed by atoms with van der Waals surface area (Å²) in [7, 11) is 0. The molecule has 1 atom stereocenters. The van der Waals surface area contributed by atoms with Gasteiger partial charge >= 0.3 is 5.97 Å². The maximum absolute atomic E-state index is 11.1. The van der Waals surface area contributed by atoms with E-state index in [4.69, 9.17) is 0 Å². The lowest BCUT2D eigenvalue weighted by atomic mass is 10.1. The average molecular weight is 172 g/mol. The molecule has 5 nitrogen and oxygen atoms in total. The first kappa shape index (κ1) is 9.15. The largest absolute Gasteiger partial charge is 0.628 e. The maximum atomic E-state index is 11.1. The van der Waals surface area contributed by atoms with Gasteiger partial charge in [0.25, 0.3) is 0 Å². The van der Waals surface area contributed by atoms with Gasteiger partial charge in [-0.1, -0.05) is 0 Å². The van der Waals surface area contributed by atoms with E-state index in [0.717, 1.165) is 12.8 Å². The van der Waals surface area contributed by atoms with Crippen LogP contribution in [0.15, 0.2) is 5.16 Å². The predicted molar refractivity (Wildman–Crippen MR) is 42.2 cm³/mol. The van der Waals surface area contributed by atoms with Crippen LogP contribution in [0.4, 0.5) is 0 Å². The highest BCUT2D eigenvalue weighted by molar-refractivity contribution is 5.75. The molecule has 5 heteroatoms. The van der Waals surface area contributed by atoms with Crippen LogP contribution in [0, 0.1) is 5.21 Å². The first-order chi connectivity index (χ1) is 5.70. The lowest BCUT2D eigenvalue weighted by molar-refractivity contribution is -0.754. The van der Waals surface area contributed by atoms with Crippen LogP contribution in [0.5, 0.6) is 0 Å². The maximum Gasteiger partial charge on any atom is 0.332 e. The number of quaternary nitrogens is 1. The Hall–Kier alpha value is -0.940. The summed E-state index contributed by atoms with van der Waals surface area (Å²) in [4.78, 5) is 14.7. The van der Waals surface area contributed by atoms with Gasteiger partial charge in [0.2, 0.25) is 5.84 Å². The number of piperidine rings is 1. The molecule has 1 fully saturated rings. The number of hydrogen-bond donors (Lipinski definition) is 1. The van der Waals surface area contributed by atoms with Crippen molar-refractivity contribution < 1.29 is 14.7 Å². The van der Waals surface area contributed by atoms with Gasteiger partial charge in [-0.3, -0.25) is 0 Å². The van der Waals surface area contributed by atoms with E-state index in [1.165, 1.54) is 6.92 Å². The van der Waals surface area contributed by atoms with Crippen molar-refractivity contribution in [2.75, 3.05) is 6.54 Å². The van der Waals surface area contributed by atoms with Crippen LogP contribution < -0.4 is 5.06 Å². The number of rotatable bonds is 1. The normalized spacial score (nSPS) is 27.2. The van der Waals surface area contributed by atoms with Crippen LogP contribution in [0.1, 0.15) is 26.2 Å². The summed E-state index contributed by atoms with van der Waals surface area (Å²) in [6.07, 6.45) is 2.50. The highest BCUT2D eigenvalue weighted by atomic mass is 16.7. The molecule has 0 aliphatic carbocycles. The van der Waals surface area contributed by atoms with Gasteiger partial charge < -0.3 is 15.1 Å². The third kappa shape index (κ3) is 2.60. The number of nitrogens with zero attached hydrogens (tertiary/aromatic N) is 1. The number of amidine groups is 1. The molecule has 1 unspecified atom stereocenters. The fourth-order valence-electron chi connectivity index (χ4n) is 1.08. The van der Waals surface area contributed by atoms with E-state index in [0.29, 0.717) is 18.8 Å². The SMILES string of the molecule is CC(=O)O/N=C1\CCCC[NH+]1[O-]. The van der Waals surface area contributed by atoms with Crippen molar-refractivity contribution in [2.45, 2.75) is 26.2 Å². The third-order valence-electron chi connectivity index (χ3n) is 1.67. The number of oxime groups is 1. The summed E-state index contributed by atoms with van der Waals surface area (Å²) in [5, 5.41) is 14.6. The van der Waals surface area contributed by atoms with E-state index in [-0.39, 0.29) is 5.06 Å². The summed E-state index contributed by atoms with van der Waals surface area (Å²) in [5.41, 5.74) is 0. The standard InChI is InChI=1S/C7H12N2O3/c1-6(10)12-8-7-4-2-3-5-9(7)11/h9H,2-5H2,1H3/b8-7+. The highest BCUT2D eigenvalue weighted by Gasteiger charge is 2.15. The van der Waals surface area contributed by atoms with Gasteiger partial charge in [0.15, 0.2) is 0 Å². The smallest absolute Gasteiger partial charge is 0.332 e. The van der Waals surface area contributed by atoms with Crippen molar-refractivity contribution in [2.24, 2.45) is 5.16 Å². The van der Waals surface area contributed by atoms with Crippen LogP contribution in [0.25, 0.3) is 0 Å². The van der Waals surface area contributed by atoms with Crippen molar-refractivity contribution in [3.05, 3.63) is 5.21 Å². The Bertz CT molecular complexity index is 203. The molecule has 12 heavy (non-hydrogen) atoms. The molecule has 0 radical (unpaired) electrons. The number of hydroxylamine groups is 2. The lowest BCUT2D eigenvalue weighted by Crippen LogP contribution is -3.10. The molecule has 1 saturated heterocycles. The second kappa shape index (κ2) is 4.18. The quantitative estimate of drug-likeness (QED) is 0.327. The van der Waals surface area contributed by atoms with Gasteiger partial charge in [0.05, 0.1) is 6.54 Å². The zero-order valence-electron chi connectivity index (χ0n) is 7.00. The molecule has 0 aromatic heterocycles. The van der Waals surface area contributed by atoms with E-state index < -0.39 is 5.97 Å². The number of hydrogen-bond acceptors (Lipinski definition) is 4. The fraction of sp³-hybridized carbons (Fsp3) is 0.714. The minimum atomic E-state index is -0.485. The number of nitrogens with one attached hydrogen (secondary N) is 1. The number of carbonyl (C=O) groups is 1. The summed E-state index contributed by atoms with van der Waals surface area (Å²) in [5.74, 6) is -0.0858. The van der Waals surface area contributed by atoms with E-state index in [1.807, 2.05) is 0 Å². The Balaban J connectivity index is 2.47. The zero-order chi connectivity index (χ0) is 8.97. The summed E-state index contributed by atoms with van der Waals surface area (Å²) >= 11 is 0. The molecule has 68 valence electrons. The molecule has 0 amide bonds. The van der Waals surface area contributed by atoms with Gasteiger partial charge in [-0.25, -0.2) is 4.79 Å². The third-order valence-corrected chi connectivity index (χ3v) is 1.67.